The Balaban J connectivity index is 2.12. The van der Waals surface area contributed by atoms with E-state index in [1.165, 1.54) is 0 Å². The second-order valence-electron chi connectivity index (χ2n) is 3.38. The first-order valence-corrected chi connectivity index (χ1v) is 3.80. The highest BCUT2D eigenvalue weighted by Gasteiger charge is 2.52. The fraction of sp³-hybridized carbons (Fsp3) is 0.875. The van der Waals surface area contributed by atoms with Crippen LogP contribution < -0.4 is 0 Å². The third-order valence-electron chi connectivity index (χ3n) is 1.90. The average molecular weight is 174 g/mol. The number of Topliss-reactive ketones (excluding diaryl/α,β-unsaturated/α-hetero) is 1. The molecule has 2 aliphatic heterocycles. The van der Waals surface area contributed by atoms with Gasteiger partial charge < -0.3 is 14.2 Å². The Bertz CT molecular complexity index is 266. The number of rotatable bonds is 0. The van der Waals surface area contributed by atoms with Crippen LogP contribution in [0.2, 0.25) is 0 Å². The van der Waals surface area contributed by atoms with Crippen molar-refractivity contribution in [3.63, 3.8) is 0 Å². The highest BCUT2D eigenvalue weighted by atomic mass is 16.8. The van der Waals surface area contributed by atoms with Crippen molar-refractivity contribution in [3.8, 4) is 0 Å². The van der Waals surface area contributed by atoms with Gasteiger partial charge in [-0.05, 0) is 20.7 Å². The molecule has 4 heteroatoms. The van der Waals surface area contributed by atoms with Gasteiger partial charge in [0, 0.05) is 2.74 Å². The molecule has 3 atom stereocenters. The summed E-state index contributed by atoms with van der Waals surface area (Å²) in [5, 5.41) is 0. The van der Waals surface area contributed by atoms with Crippen molar-refractivity contribution in [2.75, 3.05) is 0 Å². The normalized spacial score (nSPS) is 47.6. The molecule has 0 bridgehead atoms. The third-order valence-corrected chi connectivity index (χ3v) is 1.90. The molecule has 0 spiro atoms. The van der Waals surface area contributed by atoms with Crippen molar-refractivity contribution < 1.29 is 21.7 Å². The lowest BCUT2D eigenvalue weighted by Crippen LogP contribution is -2.28. The molecule has 2 fully saturated rings. The van der Waals surface area contributed by atoms with E-state index in [-0.39, 0.29) is 5.78 Å². The Morgan fingerprint density at radius 1 is 1.50 bits per heavy atom. The van der Waals surface area contributed by atoms with Gasteiger partial charge in [0.15, 0.2) is 24.0 Å². The van der Waals surface area contributed by atoms with Gasteiger partial charge in [0.25, 0.3) is 0 Å². The van der Waals surface area contributed by atoms with E-state index in [9.17, 15) is 4.79 Å². The second kappa shape index (κ2) is 2.28. The van der Waals surface area contributed by atoms with E-state index in [4.69, 9.17) is 17.0 Å². The smallest absolute Gasteiger partial charge is 0.195 e. The summed E-state index contributed by atoms with van der Waals surface area (Å²) in [6.07, 6.45) is -2.56. The standard InChI is InChI=1S/C8H12O4/c1-4-5(9)6-7(10-4)12-8(2,3)11-6/h4,6-7H,1-3H3/t4-,6+,7+/m1/s1/i1D2. The van der Waals surface area contributed by atoms with Crippen LogP contribution >= 0.6 is 0 Å². The van der Waals surface area contributed by atoms with Crippen LogP contribution in [0.4, 0.5) is 0 Å². The summed E-state index contributed by atoms with van der Waals surface area (Å²) in [6.45, 7) is 2.05. The van der Waals surface area contributed by atoms with Gasteiger partial charge >= 0.3 is 0 Å². The number of hydrogen-bond acceptors (Lipinski definition) is 4. The summed E-state index contributed by atoms with van der Waals surface area (Å²) in [6, 6.07) is 0. The Hall–Kier alpha value is -0.450. The molecule has 2 rings (SSSR count). The third kappa shape index (κ3) is 1.07. The molecule has 0 aromatic carbocycles. The molecule has 0 unspecified atom stereocenters. The number of hydrogen-bond donors (Lipinski definition) is 0. The minimum Gasteiger partial charge on any atom is -0.338 e. The van der Waals surface area contributed by atoms with Crippen LogP contribution in [0.25, 0.3) is 0 Å². The molecule has 0 radical (unpaired) electrons. The number of ketones is 1. The van der Waals surface area contributed by atoms with Crippen molar-refractivity contribution >= 4 is 5.78 Å². The van der Waals surface area contributed by atoms with Crippen LogP contribution in [0.3, 0.4) is 0 Å². The van der Waals surface area contributed by atoms with Crippen molar-refractivity contribution in [2.24, 2.45) is 0 Å². The summed E-state index contributed by atoms with van der Waals surface area (Å²) in [5.74, 6) is -1.19. The van der Waals surface area contributed by atoms with Crippen LogP contribution in [0.15, 0.2) is 0 Å². The molecule has 0 amide bonds. The van der Waals surface area contributed by atoms with Crippen molar-refractivity contribution in [2.45, 2.75) is 45.0 Å². The molecular weight excluding hydrogens is 160 g/mol. The second-order valence-corrected chi connectivity index (χ2v) is 3.38. The molecule has 0 N–H and O–H groups in total. The van der Waals surface area contributed by atoms with Gasteiger partial charge in [-0.2, -0.15) is 0 Å². The lowest BCUT2D eigenvalue weighted by atomic mass is 10.2. The zero-order valence-electron chi connectivity index (χ0n) is 8.94. The minimum absolute atomic E-state index is 0.365. The fourth-order valence-corrected chi connectivity index (χ4v) is 1.40. The fourth-order valence-electron chi connectivity index (χ4n) is 1.40. The van der Waals surface area contributed by atoms with Crippen LogP contribution in [0, 0.1) is 0 Å². The predicted octanol–water partition coefficient (Wildman–Crippen LogP) is 0.452. The molecule has 12 heavy (non-hydrogen) atoms. The summed E-state index contributed by atoms with van der Waals surface area (Å²) in [4.78, 5) is 11.5. The first-order chi connectivity index (χ1) is 6.41. The summed E-state index contributed by atoms with van der Waals surface area (Å²) < 4.78 is 29.9. The largest absolute Gasteiger partial charge is 0.338 e. The van der Waals surface area contributed by atoms with Gasteiger partial charge in [-0.15, -0.1) is 0 Å². The lowest BCUT2D eigenvalue weighted by Gasteiger charge is -2.18. The Kier molecular flexibility index (Phi) is 1.15. The van der Waals surface area contributed by atoms with Gasteiger partial charge in [0.1, 0.15) is 6.10 Å². The van der Waals surface area contributed by atoms with Gasteiger partial charge in [0.05, 0.1) is 0 Å². The van der Waals surface area contributed by atoms with Crippen molar-refractivity contribution in [1.82, 2.24) is 0 Å². The molecule has 4 nitrogen and oxygen atoms in total. The first kappa shape index (κ1) is 6.07. The maximum atomic E-state index is 11.5. The molecule has 2 aliphatic rings. The topological polar surface area (TPSA) is 44.8 Å². The molecule has 0 aromatic heterocycles. The van der Waals surface area contributed by atoms with Crippen molar-refractivity contribution in [1.29, 1.82) is 0 Å². The molecule has 2 heterocycles. The molecular formula is C8H12O4. The SMILES string of the molecule is [2H]C([2H])[C@H]1O[C@H]2OC(C)(C)O[C@H]2C1=O. The van der Waals surface area contributed by atoms with E-state index in [1.54, 1.807) is 13.8 Å². The Morgan fingerprint density at radius 2 is 2.25 bits per heavy atom. The monoisotopic (exact) mass is 174 g/mol. The Morgan fingerprint density at radius 3 is 2.83 bits per heavy atom. The van der Waals surface area contributed by atoms with Gasteiger partial charge in [-0.3, -0.25) is 4.79 Å². The molecule has 0 aromatic rings. The predicted molar refractivity (Wildman–Crippen MR) is 39.4 cm³/mol. The van der Waals surface area contributed by atoms with Gasteiger partial charge in [-0.1, -0.05) is 0 Å². The van der Waals surface area contributed by atoms with E-state index in [0.717, 1.165) is 0 Å². The maximum absolute atomic E-state index is 11.5. The van der Waals surface area contributed by atoms with E-state index in [0.29, 0.717) is 0 Å². The summed E-state index contributed by atoms with van der Waals surface area (Å²) >= 11 is 0. The molecule has 2 saturated heterocycles. The summed E-state index contributed by atoms with van der Waals surface area (Å²) in [5.41, 5.74) is 0. The van der Waals surface area contributed by atoms with Crippen LogP contribution in [0.1, 0.15) is 23.5 Å². The van der Waals surface area contributed by atoms with Crippen LogP contribution in [-0.2, 0) is 19.0 Å². The van der Waals surface area contributed by atoms with E-state index in [1.807, 2.05) is 0 Å². The number of ether oxygens (including phenoxy) is 3. The minimum atomic E-state index is -1.33. The Labute approximate surface area is 73.6 Å². The molecule has 0 aliphatic carbocycles. The van der Waals surface area contributed by atoms with E-state index >= 15 is 0 Å². The van der Waals surface area contributed by atoms with Crippen molar-refractivity contribution in [3.05, 3.63) is 0 Å². The molecule has 0 saturated carbocycles. The van der Waals surface area contributed by atoms with Gasteiger partial charge in [-0.25, -0.2) is 0 Å². The number of carbonyl (C=O) groups excluding carboxylic acids is 1. The van der Waals surface area contributed by atoms with Crippen LogP contribution in [0.5, 0.6) is 0 Å². The highest BCUT2D eigenvalue weighted by Crippen LogP contribution is 2.34. The highest BCUT2D eigenvalue weighted by molar-refractivity contribution is 5.89. The average Bonchev–Trinajstić information content (AvgIpc) is 2.46. The molecule has 68 valence electrons. The number of carbonyl (C=O) groups is 1. The van der Waals surface area contributed by atoms with E-state index < -0.39 is 31.2 Å². The zero-order chi connectivity index (χ0) is 10.5. The summed E-state index contributed by atoms with van der Waals surface area (Å²) in [7, 11) is 0. The first-order valence-electron chi connectivity index (χ1n) is 4.95. The van der Waals surface area contributed by atoms with E-state index in [2.05, 4.69) is 0 Å². The number of fused-ring (bicyclic) bond motifs is 1. The maximum Gasteiger partial charge on any atom is 0.195 e. The van der Waals surface area contributed by atoms with Crippen LogP contribution in [-0.4, -0.2) is 30.1 Å². The quantitative estimate of drug-likeness (QED) is 0.535. The van der Waals surface area contributed by atoms with Gasteiger partial charge in [0.2, 0.25) is 0 Å². The lowest BCUT2D eigenvalue weighted by molar-refractivity contribution is -0.202. The zero-order valence-corrected chi connectivity index (χ0v) is 6.94.